The monoisotopic (exact) mass is 354 g/mol. The van der Waals surface area contributed by atoms with Crippen LogP contribution < -0.4 is 4.90 Å². The number of para-hydroxylation sites is 1. The third-order valence-electron chi connectivity index (χ3n) is 5.46. The van der Waals surface area contributed by atoms with Crippen LogP contribution in [0.2, 0.25) is 0 Å². The van der Waals surface area contributed by atoms with Crippen LogP contribution in [0, 0.1) is 0 Å². The van der Waals surface area contributed by atoms with Crippen molar-refractivity contribution in [2.75, 3.05) is 4.90 Å². The molecular weight excluding hydrogens is 336 g/mol. The van der Waals surface area contributed by atoms with E-state index in [1.54, 1.807) is 0 Å². The molecule has 1 fully saturated rings. The van der Waals surface area contributed by atoms with E-state index in [9.17, 15) is 9.59 Å². The maximum Gasteiger partial charge on any atom is 0.241 e. The molecule has 1 aromatic heterocycles. The predicted molar refractivity (Wildman–Crippen MR) is 107 cm³/mol. The van der Waals surface area contributed by atoms with E-state index in [2.05, 4.69) is 0 Å². The van der Waals surface area contributed by atoms with E-state index in [0.29, 0.717) is 5.69 Å². The molecule has 2 heterocycles. The average Bonchev–Trinajstić information content (AvgIpc) is 3.18. The van der Waals surface area contributed by atoms with Gasteiger partial charge in [0.2, 0.25) is 11.8 Å². The van der Waals surface area contributed by atoms with Gasteiger partial charge >= 0.3 is 0 Å². The summed E-state index contributed by atoms with van der Waals surface area (Å²) >= 11 is 0. The van der Waals surface area contributed by atoms with Gasteiger partial charge in [0.05, 0.1) is 11.6 Å². The first-order valence-corrected chi connectivity index (χ1v) is 9.03. The molecule has 27 heavy (non-hydrogen) atoms. The van der Waals surface area contributed by atoms with Crippen LogP contribution in [-0.2, 0) is 16.6 Å². The van der Waals surface area contributed by atoms with Crippen molar-refractivity contribution in [2.45, 2.75) is 12.3 Å². The van der Waals surface area contributed by atoms with Crippen LogP contribution in [0.25, 0.3) is 21.7 Å². The van der Waals surface area contributed by atoms with E-state index in [1.165, 1.54) is 4.90 Å². The van der Waals surface area contributed by atoms with Gasteiger partial charge in [0.15, 0.2) is 0 Å². The van der Waals surface area contributed by atoms with Crippen molar-refractivity contribution >= 4 is 39.2 Å². The first kappa shape index (κ1) is 15.8. The van der Waals surface area contributed by atoms with Gasteiger partial charge in [-0.1, -0.05) is 54.6 Å². The Kier molecular flexibility index (Phi) is 3.41. The Labute approximate surface area is 156 Å². The Bertz CT molecular complexity index is 1220. The fourth-order valence-electron chi connectivity index (χ4n) is 4.18. The number of rotatable bonds is 2. The SMILES string of the molecule is Cn1cc([C@H]2CC(=O)N(c3cccc4ccccc34)C2=O)c2ccccc21. The number of anilines is 1. The summed E-state index contributed by atoms with van der Waals surface area (Å²) < 4.78 is 2.02. The quantitative estimate of drug-likeness (QED) is 0.501. The summed E-state index contributed by atoms with van der Waals surface area (Å²) in [5.74, 6) is -0.732. The lowest BCUT2D eigenvalue weighted by Gasteiger charge is -2.17. The Morgan fingerprint density at radius 2 is 1.56 bits per heavy atom. The van der Waals surface area contributed by atoms with Crippen LogP contribution in [-0.4, -0.2) is 16.4 Å². The van der Waals surface area contributed by atoms with Gasteiger partial charge in [-0.15, -0.1) is 0 Å². The van der Waals surface area contributed by atoms with E-state index in [1.807, 2.05) is 84.5 Å². The number of nitrogens with zero attached hydrogens (tertiary/aromatic N) is 2. The first-order valence-electron chi connectivity index (χ1n) is 9.03. The maximum absolute atomic E-state index is 13.3. The molecule has 1 saturated heterocycles. The standard InChI is InChI=1S/C23H18N2O2/c1-24-14-19(17-10-4-5-11-20(17)24)18-13-22(26)25(23(18)27)21-12-6-8-15-7-2-3-9-16(15)21/h2-12,14,18H,13H2,1H3/t18-/m1/s1. The maximum atomic E-state index is 13.3. The molecule has 0 unspecified atom stereocenters. The summed E-state index contributed by atoms with van der Waals surface area (Å²) in [6, 6.07) is 21.6. The number of carbonyl (C=O) groups excluding carboxylic acids is 2. The highest BCUT2D eigenvalue weighted by Crippen LogP contribution is 2.39. The Balaban J connectivity index is 1.63. The van der Waals surface area contributed by atoms with Crippen LogP contribution in [0.5, 0.6) is 0 Å². The molecule has 5 rings (SSSR count). The number of benzene rings is 3. The molecule has 1 aliphatic heterocycles. The van der Waals surface area contributed by atoms with Crippen LogP contribution in [0.1, 0.15) is 17.9 Å². The number of imide groups is 1. The summed E-state index contributed by atoms with van der Waals surface area (Å²) in [6.07, 6.45) is 2.18. The smallest absolute Gasteiger partial charge is 0.241 e. The van der Waals surface area contributed by atoms with Gasteiger partial charge in [0, 0.05) is 36.0 Å². The molecule has 0 saturated carbocycles. The molecule has 0 aliphatic carbocycles. The minimum absolute atomic E-state index is 0.144. The summed E-state index contributed by atoms with van der Waals surface area (Å²) in [4.78, 5) is 27.5. The zero-order chi connectivity index (χ0) is 18.5. The molecule has 4 heteroatoms. The molecule has 2 amide bonds. The van der Waals surface area contributed by atoms with E-state index in [0.717, 1.165) is 27.2 Å². The van der Waals surface area contributed by atoms with Gasteiger partial charge in [-0.3, -0.25) is 9.59 Å². The van der Waals surface area contributed by atoms with Crippen LogP contribution in [0.15, 0.2) is 72.9 Å². The highest BCUT2D eigenvalue weighted by molar-refractivity contribution is 6.26. The van der Waals surface area contributed by atoms with Crippen molar-refractivity contribution in [3.8, 4) is 0 Å². The molecule has 4 nitrogen and oxygen atoms in total. The van der Waals surface area contributed by atoms with Gasteiger partial charge in [0.25, 0.3) is 0 Å². The van der Waals surface area contributed by atoms with Crippen molar-refractivity contribution < 1.29 is 9.59 Å². The third-order valence-corrected chi connectivity index (χ3v) is 5.46. The number of carbonyl (C=O) groups is 2. The summed E-state index contributed by atoms with van der Waals surface area (Å²) in [7, 11) is 1.97. The second-order valence-corrected chi connectivity index (χ2v) is 7.03. The number of amides is 2. The van der Waals surface area contributed by atoms with Crippen molar-refractivity contribution in [1.82, 2.24) is 4.57 Å². The zero-order valence-corrected chi connectivity index (χ0v) is 14.9. The molecule has 0 spiro atoms. The number of hydrogen-bond donors (Lipinski definition) is 0. The van der Waals surface area contributed by atoms with Crippen molar-refractivity contribution in [1.29, 1.82) is 0 Å². The Hall–Kier alpha value is -3.40. The zero-order valence-electron chi connectivity index (χ0n) is 14.9. The van der Waals surface area contributed by atoms with E-state index in [-0.39, 0.29) is 18.2 Å². The van der Waals surface area contributed by atoms with E-state index >= 15 is 0 Å². The molecule has 0 N–H and O–H groups in total. The van der Waals surface area contributed by atoms with Gasteiger partial charge in [0.1, 0.15) is 0 Å². The minimum atomic E-state index is -0.442. The molecule has 3 aromatic carbocycles. The average molecular weight is 354 g/mol. The number of aromatic nitrogens is 1. The van der Waals surface area contributed by atoms with Gasteiger partial charge in [-0.2, -0.15) is 0 Å². The van der Waals surface area contributed by atoms with Crippen molar-refractivity contribution in [3.63, 3.8) is 0 Å². The fourth-order valence-corrected chi connectivity index (χ4v) is 4.18. The number of aryl methyl sites for hydroxylation is 1. The fraction of sp³-hybridized carbons (Fsp3) is 0.130. The lowest BCUT2D eigenvalue weighted by Crippen LogP contribution is -2.30. The van der Waals surface area contributed by atoms with Gasteiger partial charge in [-0.25, -0.2) is 4.90 Å². The second kappa shape index (κ2) is 5.81. The van der Waals surface area contributed by atoms with Crippen LogP contribution in [0.4, 0.5) is 5.69 Å². The molecule has 4 aromatic rings. The Morgan fingerprint density at radius 3 is 2.41 bits per heavy atom. The minimum Gasteiger partial charge on any atom is -0.350 e. The van der Waals surface area contributed by atoms with Crippen LogP contribution >= 0.6 is 0 Å². The van der Waals surface area contributed by atoms with Crippen LogP contribution in [0.3, 0.4) is 0 Å². The summed E-state index contributed by atoms with van der Waals surface area (Å²) in [5, 5.41) is 2.97. The van der Waals surface area contributed by atoms with Gasteiger partial charge in [-0.05, 0) is 23.1 Å². The Morgan fingerprint density at radius 1 is 0.852 bits per heavy atom. The highest BCUT2D eigenvalue weighted by Gasteiger charge is 2.42. The van der Waals surface area contributed by atoms with E-state index < -0.39 is 5.92 Å². The normalized spacial score (nSPS) is 17.4. The number of hydrogen-bond acceptors (Lipinski definition) is 2. The molecule has 132 valence electrons. The van der Waals surface area contributed by atoms with Crippen molar-refractivity contribution in [2.24, 2.45) is 7.05 Å². The van der Waals surface area contributed by atoms with E-state index in [4.69, 9.17) is 0 Å². The second-order valence-electron chi connectivity index (χ2n) is 7.03. The lowest BCUT2D eigenvalue weighted by atomic mass is 9.97. The van der Waals surface area contributed by atoms with Gasteiger partial charge < -0.3 is 4.57 Å². The summed E-state index contributed by atoms with van der Waals surface area (Å²) in [5.41, 5.74) is 2.66. The molecule has 1 atom stereocenters. The highest BCUT2D eigenvalue weighted by atomic mass is 16.2. The third kappa shape index (κ3) is 2.30. The largest absolute Gasteiger partial charge is 0.350 e. The first-order chi connectivity index (χ1) is 13.1. The topological polar surface area (TPSA) is 42.3 Å². The van der Waals surface area contributed by atoms with Crippen molar-refractivity contribution in [3.05, 3.63) is 78.5 Å². The molecule has 1 aliphatic rings. The molecular formula is C23H18N2O2. The molecule has 0 bridgehead atoms. The predicted octanol–water partition coefficient (Wildman–Crippen LogP) is 4.38. The lowest BCUT2D eigenvalue weighted by molar-refractivity contribution is -0.121. The summed E-state index contributed by atoms with van der Waals surface area (Å²) in [6.45, 7) is 0. The number of fused-ring (bicyclic) bond motifs is 2. The molecule has 0 radical (unpaired) electrons.